The molecular weight excluding hydrogens is 365 g/mol. The predicted octanol–water partition coefficient (Wildman–Crippen LogP) is 2.37. The summed E-state index contributed by atoms with van der Waals surface area (Å²) in [6, 6.07) is 0. The van der Waals surface area contributed by atoms with Crippen LogP contribution in [0.5, 0.6) is 0 Å². The van der Waals surface area contributed by atoms with Crippen molar-refractivity contribution < 1.29 is 9.47 Å². The van der Waals surface area contributed by atoms with Gasteiger partial charge in [0.25, 0.3) is 0 Å². The van der Waals surface area contributed by atoms with Crippen LogP contribution < -0.4 is 0 Å². The molecule has 0 unspecified atom stereocenters. The Hall–Kier alpha value is 1.16. The van der Waals surface area contributed by atoms with Gasteiger partial charge in [-0.15, -0.1) is 0 Å². The quantitative estimate of drug-likeness (QED) is 0.350. The second kappa shape index (κ2) is 15.7. The summed E-state index contributed by atoms with van der Waals surface area (Å²) in [5, 5.41) is 0. The minimum absolute atomic E-state index is 0.628. The van der Waals surface area contributed by atoms with E-state index in [0.29, 0.717) is 9.47 Å². The number of hydrogen-bond acceptors (Lipinski definition) is 0. The Labute approximate surface area is 79.4 Å². The molecule has 0 aliphatic rings. The van der Waals surface area contributed by atoms with Crippen LogP contribution >= 0.6 is 40.0 Å². The summed E-state index contributed by atoms with van der Waals surface area (Å²) in [5.74, 6) is 6.65. The van der Waals surface area contributed by atoms with Crippen LogP contribution in [-0.4, -0.2) is 0 Å². The van der Waals surface area contributed by atoms with Crippen LogP contribution in [0.15, 0.2) is 0 Å². The van der Waals surface area contributed by atoms with Gasteiger partial charge in [-0.25, -0.2) is 5.92 Å². The van der Waals surface area contributed by atoms with Gasteiger partial charge in [-0.1, -0.05) is 0 Å². The molecule has 0 saturated heterocycles. The van der Waals surface area contributed by atoms with Crippen LogP contribution in [0.4, 0.5) is 0 Å². The Bertz CT molecular complexity index is 115. The average Bonchev–Trinajstić information content (AvgIpc) is 1.71. The molecule has 0 nitrogen and oxygen atoms in total. The van der Waals surface area contributed by atoms with E-state index in [1.807, 2.05) is 5.92 Å². The normalized spacial score (nSPS) is 3.75. The monoisotopic (exact) mass is 368 g/mol. The molecule has 0 bridgehead atoms. The van der Waals surface area contributed by atoms with Gasteiger partial charge in [-0.2, -0.15) is 0 Å². The fourth-order valence-corrected chi connectivity index (χ4v) is 0.0625. The first kappa shape index (κ1) is 11.9. The molecule has 43 valence electrons. The van der Waals surface area contributed by atoms with E-state index >= 15 is 0 Å². The van der Waals surface area contributed by atoms with Gasteiger partial charge in [0.05, 0.1) is 0 Å². The Kier molecular flexibility index (Phi) is 23.4. The fourth-order valence-electron chi connectivity index (χ4n) is 0.0625. The van der Waals surface area contributed by atoms with Crippen LogP contribution in [0.2, 0.25) is 0 Å². The van der Waals surface area contributed by atoms with Crippen molar-refractivity contribution in [1.29, 1.82) is 0 Å². The topological polar surface area (TPSA) is 0 Å². The van der Waals surface area contributed by atoms with Crippen LogP contribution in [0, 0.1) is 24.2 Å². The molecule has 0 spiro atoms. The van der Waals surface area contributed by atoms with Crippen LogP contribution in [0.1, 0.15) is 6.92 Å². The first-order valence-corrected chi connectivity index (χ1v) is 10.6. The number of hydrogen-bond donors (Lipinski definition) is 0. The zero-order chi connectivity index (χ0) is 6.83. The third kappa shape index (κ3) is 27.2. The molecule has 0 aromatic rings. The van der Waals surface area contributed by atoms with E-state index in [0.717, 1.165) is 0 Å². The van der Waals surface area contributed by atoms with Crippen molar-refractivity contribution in [2.45, 2.75) is 6.92 Å². The van der Waals surface area contributed by atoms with E-state index in [1.165, 1.54) is 0 Å². The second-order valence-electron chi connectivity index (χ2n) is 0.564. The summed E-state index contributed by atoms with van der Waals surface area (Å²) >= 11 is 4.74. The van der Waals surface area contributed by atoms with Crippen molar-refractivity contribution in [1.82, 2.24) is 0 Å². The van der Waals surface area contributed by atoms with Crippen LogP contribution in [0.25, 0.3) is 0 Å². The minimum atomic E-state index is 0.628. The van der Waals surface area contributed by atoms with Gasteiger partial charge in [0.1, 0.15) is 0 Å². The Balaban J connectivity index is 0. The van der Waals surface area contributed by atoms with Crippen LogP contribution in [-0.2, 0) is 9.47 Å². The Morgan fingerprint density at radius 3 is 1.88 bits per heavy atom. The Morgan fingerprint density at radius 1 is 1.50 bits per heavy atom. The SMILES string of the molecule is [C-]#CC#CC.[I][V][I]. The van der Waals surface area contributed by atoms with Crippen molar-refractivity contribution in [3.8, 4) is 17.8 Å². The standard InChI is InChI=1S/C5H3.2HI.V/c1-3-5-4-2;;;/h1H3;2*1H;/q-1;;;+2/p-2. The van der Waals surface area contributed by atoms with Gasteiger partial charge in [0, 0.05) is 0 Å². The molecule has 0 aliphatic heterocycles. The maximum absolute atomic E-state index is 6.18. The molecule has 0 amide bonds. The third-order valence-electron chi connectivity index (χ3n) is 0.188. The van der Waals surface area contributed by atoms with Gasteiger partial charge in [-0.3, -0.25) is 11.8 Å². The van der Waals surface area contributed by atoms with Crippen molar-refractivity contribution in [2.24, 2.45) is 0 Å². The maximum atomic E-state index is 6.18. The molecule has 0 aromatic heterocycles. The summed E-state index contributed by atoms with van der Waals surface area (Å²) < 4.78 is 0. The van der Waals surface area contributed by atoms with E-state index in [-0.39, 0.29) is 0 Å². The third-order valence-corrected chi connectivity index (χ3v) is 0.188. The van der Waals surface area contributed by atoms with Crippen molar-refractivity contribution in [2.75, 3.05) is 0 Å². The molecule has 0 aliphatic carbocycles. The first-order valence-electron chi connectivity index (χ1n) is 1.59. The summed E-state index contributed by atoms with van der Waals surface area (Å²) in [7, 11) is 0.628. The zero-order valence-electron chi connectivity index (χ0n) is 4.20. The van der Waals surface area contributed by atoms with Gasteiger partial charge in [0.15, 0.2) is 0 Å². The molecule has 8 heavy (non-hydrogen) atoms. The van der Waals surface area contributed by atoms with Gasteiger partial charge >= 0.3 is 49.4 Å². The van der Waals surface area contributed by atoms with E-state index in [9.17, 15) is 0 Å². The summed E-state index contributed by atoms with van der Waals surface area (Å²) in [6.45, 7) is 1.67. The molecule has 0 fully saturated rings. The number of rotatable bonds is 0. The molecule has 0 aromatic carbocycles. The van der Waals surface area contributed by atoms with Gasteiger partial charge in [0.2, 0.25) is 0 Å². The van der Waals surface area contributed by atoms with E-state index in [1.54, 1.807) is 6.92 Å². The van der Waals surface area contributed by atoms with Crippen molar-refractivity contribution >= 4 is 40.0 Å². The van der Waals surface area contributed by atoms with E-state index in [2.05, 4.69) is 51.8 Å². The fraction of sp³-hybridized carbons (Fsp3) is 0.200. The Morgan fingerprint density at radius 2 is 1.88 bits per heavy atom. The molecule has 0 saturated carbocycles. The number of halogens is 2. The molecule has 0 radical (unpaired) electrons. The van der Waals surface area contributed by atoms with Crippen LogP contribution in [0.3, 0.4) is 0 Å². The molecule has 3 heteroatoms. The van der Waals surface area contributed by atoms with Gasteiger partial charge in [-0.05, 0) is 6.92 Å². The van der Waals surface area contributed by atoms with E-state index in [4.69, 9.17) is 6.42 Å². The second-order valence-corrected chi connectivity index (χ2v) is 12.4. The molecule has 0 rings (SSSR count). The molecule has 0 heterocycles. The van der Waals surface area contributed by atoms with E-state index < -0.39 is 0 Å². The summed E-state index contributed by atoms with van der Waals surface area (Å²) in [5.41, 5.74) is 0. The molecular formula is C5H3I2V-. The van der Waals surface area contributed by atoms with Crippen molar-refractivity contribution in [3.05, 3.63) is 6.42 Å². The average molecular weight is 368 g/mol. The summed E-state index contributed by atoms with van der Waals surface area (Å²) in [4.78, 5) is 0. The van der Waals surface area contributed by atoms with Crippen molar-refractivity contribution in [3.63, 3.8) is 0 Å². The summed E-state index contributed by atoms with van der Waals surface area (Å²) in [6.07, 6.45) is 6.18. The molecule has 0 atom stereocenters. The first-order chi connectivity index (χ1) is 3.83. The predicted molar refractivity (Wildman–Crippen MR) is 48.6 cm³/mol. The van der Waals surface area contributed by atoms with Gasteiger partial charge < -0.3 is 6.42 Å². The molecule has 0 N–H and O–H groups in total. The zero-order valence-corrected chi connectivity index (χ0v) is 9.91.